The van der Waals surface area contributed by atoms with E-state index in [0.717, 1.165) is 69.5 Å². The number of carbonyl (C=O) groups excluding carboxylic acids is 2. The Hall–Kier alpha value is -1.14. The van der Waals surface area contributed by atoms with Gasteiger partial charge in [0.1, 0.15) is 0 Å². The molecule has 2 saturated carbocycles. The smallest absolute Gasteiger partial charge is 0.293 e. The number of hydrogen-bond donors (Lipinski definition) is 1. The molecule has 2 rings (SSSR count). The van der Waals surface area contributed by atoms with Crippen LogP contribution in [0.3, 0.4) is 0 Å². The van der Waals surface area contributed by atoms with E-state index < -0.39 is 0 Å². The monoisotopic (exact) mass is 682 g/mol. The molecule has 0 aromatic heterocycles. The summed E-state index contributed by atoms with van der Waals surface area (Å²) in [4.78, 5) is 22.5. The fourth-order valence-corrected chi connectivity index (χ4v) is 7.29. The van der Waals surface area contributed by atoms with Crippen LogP contribution in [0.25, 0.3) is 0 Å². The highest BCUT2D eigenvalue weighted by Gasteiger charge is 2.17. The first-order chi connectivity index (χ1) is 23.6. The van der Waals surface area contributed by atoms with Crippen molar-refractivity contribution < 1.29 is 24.2 Å². The van der Waals surface area contributed by atoms with Gasteiger partial charge in [0, 0.05) is 13.2 Å². The molecule has 6 heteroatoms. The van der Waals surface area contributed by atoms with Gasteiger partial charge in [-0.15, -0.1) is 0 Å². The third-order valence-electron chi connectivity index (χ3n) is 10.5. The number of aliphatic hydroxyl groups excluding tert-OH is 1. The second-order valence-corrected chi connectivity index (χ2v) is 15.0. The molecule has 6 nitrogen and oxygen atoms in total. The predicted molar refractivity (Wildman–Crippen MR) is 204 cm³/mol. The molecule has 0 aliphatic heterocycles. The zero-order chi connectivity index (χ0) is 35.2. The molecule has 48 heavy (non-hydrogen) atoms. The third kappa shape index (κ3) is 33.4. The summed E-state index contributed by atoms with van der Waals surface area (Å²) in [5.74, 6) is 3.22. The summed E-state index contributed by atoms with van der Waals surface area (Å²) in [7, 11) is 0. The van der Waals surface area contributed by atoms with E-state index >= 15 is 0 Å². The minimum atomic E-state index is 0.254. The summed E-state index contributed by atoms with van der Waals surface area (Å²) < 4.78 is 9.36. The molecular formula is C42H83NO5. The molecule has 2 aliphatic rings. The Morgan fingerprint density at radius 2 is 0.979 bits per heavy atom. The number of ether oxygens (including phenoxy) is 2. The maximum absolute atomic E-state index is 10.0. The Bertz CT molecular complexity index is 610. The second-order valence-electron chi connectivity index (χ2n) is 15.0. The van der Waals surface area contributed by atoms with Gasteiger partial charge in [-0.05, 0) is 62.9 Å². The maximum Gasteiger partial charge on any atom is 0.293 e. The Labute approximate surface area is 299 Å². The highest BCUT2D eigenvalue weighted by atomic mass is 16.5. The molecule has 0 amide bonds. The lowest BCUT2D eigenvalue weighted by Gasteiger charge is -2.25. The average molecular weight is 682 g/mol. The Morgan fingerprint density at radius 1 is 0.542 bits per heavy atom. The molecule has 0 saturated heterocycles. The summed E-state index contributed by atoms with van der Waals surface area (Å²) >= 11 is 0. The zero-order valence-electron chi connectivity index (χ0n) is 32.5. The van der Waals surface area contributed by atoms with Crippen LogP contribution in [0, 0.1) is 17.8 Å². The van der Waals surface area contributed by atoms with Gasteiger partial charge in [0.2, 0.25) is 0 Å². The van der Waals surface area contributed by atoms with Gasteiger partial charge in [0.15, 0.2) is 0 Å². The van der Waals surface area contributed by atoms with Gasteiger partial charge in [0.25, 0.3) is 12.9 Å². The molecule has 1 N–H and O–H groups in total. The molecular weight excluding hydrogens is 598 g/mol. The van der Waals surface area contributed by atoms with E-state index in [1.165, 1.54) is 148 Å². The van der Waals surface area contributed by atoms with Crippen molar-refractivity contribution >= 4 is 12.9 Å². The molecule has 2 fully saturated rings. The van der Waals surface area contributed by atoms with Crippen molar-refractivity contribution in [2.75, 3.05) is 39.5 Å². The Morgan fingerprint density at radius 3 is 1.44 bits per heavy atom. The highest BCUT2D eigenvalue weighted by molar-refractivity contribution is 5.36. The molecule has 0 atom stereocenters. The molecule has 0 aromatic rings. The summed E-state index contributed by atoms with van der Waals surface area (Å²) in [6, 6.07) is 0. The van der Waals surface area contributed by atoms with Crippen LogP contribution in [0.2, 0.25) is 0 Å². The Balaban J connectivity index is 0.000000787. The van der Waals surface area contributed by atoms with Gasteiger partial charge in [-0.1, -0.05) is 168 Å². The SMILES string of the molecule is CCCCCC1CCC(C)CC1.CCCCCC1CCCCC1.O=COCCCCCCCN(CCCO)CCCCCCCOC=O. The highest BCUT2D eigenvalue weighted by Crippen LogP contribution is 2.31. The molecule has 0 radical (unpaired) electrons. The molecule has 0 heterocycles. The van der Waals surface area contributed by atoms with Gasteiger partial charge in [-0.25, -0.2) is 0 Å². The standard InChI is InChI=1S/C19H37NO5.C12H24.C11H22/c21-15-11-14-20(12-7-3-1-5-9-16-24-18-22)13-8-4-2-6-10-17-25-19-23;1-3-4-5-6-12-9-7-11(2)8-10-12;1-2-3-5-8-11-9-6-4-7-10-11/h18-19,21H,1-17H2;11-12H,3-10H2,1-2H3;11H,2-10H2,1H3. The minimum absolute atomic E-state index is 0.254. The van der Waals surface area contributed by atoms with E-state index in [9.17, 15) is 9.59 Å². The van der Waals surface area contributed by atoms with Crippen molar-refractivity contribution in [3.63, 3.8) is 0 Å². The average Bonchev–Trinajstić information content (AvgIpc) is 3.11. The number of unbranched alkanes of at least 4 members (excludes halogenated alkanes) is 12. The topological polar surface area (TPSA) is 76.1 Å². The van der Waals surface area contributed by atoms with Gasteiger partial charge >= 0.3 is 0 Å². The Kier molecular flexibility index (Phi) is 37.7. The van der Waals surface area contributed by atoms with Crippen molar-refractivity contribution in [3.8, 4) is 0 Å². The van der Waals surface area contributed by atoms with Gasteiger partial charge in [-0.2, -0.15) is 0 Å². The number of rotatable bonds is 29. The molecule has 0 spiro atoms. The van der Waals surface area contributed by atoms with E-state index in [4.69, 9.17) is 5.11 Å². The van der Waals surface area contributed by atoms with Crippen molar-refractivity contribution in [3.05, 3.63) is 0 Å². The summed E-state index contributed by atoms with van der Waals surface area (Å²) in [5, 5.41) is 9.04. The van der Waals surface area contributed by atoms with Crippen LogP contribution in [0.15, 0.2) is 0 Å². The zero-order valence-corrected chi connectivity index (χ0v) is 32.5. The first-order valence-corrected chi connectivity index (χ1v) is 21.0. The van der Waals surface area contributed by atoms with Gasteiger partial charge < -0.3 is 19.5 Å². The third-order valence-corrected chi connectivity index (χ3v) is 10.5. The fourth-order valence-electron chi connectivity index (χ4n) is 7.29. The lowest BCUT2D eigenvalue weighted by Crippen LogP contribution is -2.27. The van der Waals surface area contributed by atoms with Crippen molar-refractivity contribution in [2.24, 2.45) is 17.8 Å². The van der Waals surface area contributed by atoms with Crippen molar-refractivity contribution in [2.45, 2.75) is 201 Å². The number of hydrogen-bond acceptors (Lipinski definition) is 6. The lowest BCUT2D eigenvalue weighted by atomic mass is 9.80. The van der Waals surface area contributed by atoms with Crippen LogP contribution in [-0.4, -0.2) is 62.4 Å². The molecule has 286 valence electrons. The van der Waals surface area contributed by atoms with Crippen LogP contribution >= 0.6 is 0 Å². The van der Waals surface area contributed by atoms with E-state index in [0.29, 0.717) is 26.2 Å². The maximum atomic E-state index is 10.0. The molecule has 0 unspecified atom stereocenters. The normalized spacial score (nSPS) is 17.9. The van der Waals surface area contributed by atoms with Crippen LogP contribution in [0.4, 0.5) is 0 Å². The lowest BCUT2D eigenvalue weighted by molar-refractivity contribution is -0.129. The number of nitrogens with zero attached hydrogens (tertiary/aromatic N) is 1. The fraction of sp³-hybridized carbons (Fsp3) is 0.952. The molecule has 0 bridgehead atoms. The van der Waals surface area contributed by atoms with E-state index in [1.807, 2.05) is 0 Å². The van der Waals surface area contributed by atoms with Crippen LogP contribution in [0.5, 0.6) is 0 Å². The summed E-state index contributed by atoms with van der Waals surface area (Å²) in [6.45, 7) is 12.5. The van der Waals surface area contributed by atoms with Crippen LogP contribution in [-0.2, 0) is 19.1 Å². The van der Waals surface area contributed by atoms with E-state index in [-0.39, 0.29) is 6.61 Å². The molecule has 2 aliphatic carbocycles. The number of aliphatic hydroxyl groups is 1. The van der Waals surface area contributed by atoms with Gasteiger partial charge in [0.05, 0.1) is 13.2 Å². The summed E-state index contributed by atoms with van der Waals surface area (Å²) in [6.07, 6.45) is 37.4. The molecule has 0 aromatic carbocycles. The summed E-state index contributed by atoms with van der Waals surface area (Å²) in [5.41, 5.74) is 0. The first-order valence-electron chi connectivity index (χ1n) is 21.0. The quantitative estimate of drug-likeness (QED) is 0.0625. The second kappa shape index (κ2) is 38.7. The first kappa shape index (κ1) is 46.9. The van der Waals surface area contributed by atoms with Crippen LogP contribution < -0.4 is 0 Å². The largest absolute Gasteiger partial charge is 0.468 e. The van der Waals surface area contributed by atoms with E-state index in [1.54, 1.807) is 0 Å². The van der Waals surface area contributed by atoms with E-state index in [2.05, 4.69) is 35.1 Å². The number of carbonyl (C=O) groups is 2. The van der Waals surface area contributed by atoms with Crippen molar-refractivity contribution in [1.82, 2.24) is 4.90 Å². The van der Waals surface area contributed by atoms with Gasteiger partial charge in [-0.3, -0.25) is 9.59 Å². The minimum Gasteiger partial charge on any atom is -0.468 e. The van der Waals surface area contributed by atoms with Crippen molar-refractivity contribution in [1.29, 1.82) is 0 Å². The van der Waals surface area contributed by atoms with Crippen LogP contribution in [0.1, 0.15) is 201 Å². The predicted octanol–water partition coefficient (Wildman–Crippen LogP) is 11.5.